The molecule has 0 aliphatic carbocycles. The molecule has 13 heavy (non-hydrogen) atoms. The first-order valence-corrected chi connectivity index (χ1v) is 5.89. The molecule has 1 rings (SSSR count). The normalized spacial score (nSPS) is 8.92. The van der Waals surface area contributed by atoms with Crippen LogP contribution in [0, 0.1) is 0 Å². The van der Waals surface area contributed by atoms with Gasteiger partial charge in [0.05, 0.1) is 0 Å². The quantitative estimate of drug-likeness (QED) is 0.629. The van der Waals surface area contributed by atoms with Gasteiger partial charge in [0.2, 0.25) is 0 Å². The molecular weight excluding hydrogens is 227 g/mol. The molecule has 0 aliphatic rings. The van der Waals surface area contributed by atoms with Crippen molar-refractivity contribution >= 4 is 31.9 Å². The first-order chi connectivity index (χ1) is 5.77. The fourth-order valence-corrected chi connectivity index (χ4v) is 1.06. The summed E-state index contributed by atoms with van der Waals surface area (Å²) in [6.07, 6.45) is 0. The molecule has 5 heteroatoms. The van der Waals surface area contributed by atoms with E-state index >= 15 is 0 Å². The largest absolute Gasteiger partial charge is 0.582 e. The van der Waals surface area contributed by atoms with E-state index in [4.69, 9.17) is 0 Å². The lowest BCUT2D eigenvalue weighted by molar-refractivity contribution is 0.362. The Morgan fingerprint density at radius 2 is 1.46 bits per heavy atom. The smallest absolute Gasteiger partial charge is 0.147 e. The van der Waals surface area contributed by atoms with E-state index in [1.165, 1.54) is 0 Å². The van der Waals surface area contributed by atoms with E-state index in [2.05, 4.69) is 16.8 Å². The van der Waals surface area contributed by atoms with E-state index in [1.54, 1.807) is 6.92 Å². The van der Waals surface area contributed by atoms with E-state index in [-0.39, 0.29) is 12.4 Å². The van der Waals surface area contributed by atoms with Crippen molar-refractivity contribution in [1.82, 2.24) is 0 Å². The molecule has 1 unspecified atom stereocenters. The Labute approximate surface area is 91.1 Å². The Kier molecular flexibility index (Phi) is 14.1. The second kappa shape index (κ2) is 11.9. The summed E-state index contributed by atoms with van der Waals surface area (Å²) in [5.41, 5.74) is 0. The molecule has 0 bridgehead atoms. The molecule has 0 saturated carbocycles. The van der Waals surface area contributed by atoms with Gasteiger partial charge in [-0.3, -0.25) is 0 Å². The molecule has 2 nitrogen and oxygen atoms in total. The summed E-state index contributed by atoms with van der Waals surface area (Å²) in [4.78, 5) is 0. The van der Waals surface area contributed by atoms with E-state index in [1.807, 2.05) is 36.4 Å². The van der Waals surface area contributed by atoms with Crippen molar-refractivity contribution in [1.29, 1.82) is 0 Å². The molecule has 0 radical (unpaired) electrons. The molecule has 0 fully saturated rings. The Morgan fingerprint density at radius 3 is 1.54 bits per heavy atom. The highest BCUT2D eigenvalue weighted by molar-refractivity contribution is 8.39. The number of halogens is 1. The fraction of sp³-hybridized carbons (Fsp3) is 0.250. The van der Waals surface area contributed by atoms with Crippen LogP contribution in [-0.2, 0) is 9.09 Å². The first-order valence-electron chi connectivity index (χ1n) is 3.56. The number of hydrogen-bond acceptors (Lipinski definition) is 2. The van der Waals surface area contributed by atoms with Gasteiger partial charge in [0, 0.05) is 0 Å². The highest BCUT2D eigenvalue weighted by Crippen LogP contribution is 2.25. The number of hydrogen-bond donors (Lipinski definition) is 1. The van der Waals surface area contributed by atoms with Crippen LogP contribution in [-0.4, -0.2) is 6.61 Å². The molecule has 0 amide bonds. The molecule has 1 aromatic rings. The van der Waals surface area contributed by atoms with Crippen molar-refractivity contribution in [3.05, 3.63) is 36.4 Å². The summed E-state index contributed by atoms with van der Waals surface area (Å²) in [6.45, 7) is 2.24. The highest BCUT2D eigenvalue weighted by atomic mass is 35.5. The van der Waals surface area contributed by atoms with Gasteiger partial charge in [-0.05, 0) is 11.5 Å². The van der Waals surface area contributed by atoms with Crippen LogP contribution < -0.4 is 0 Å². The van der Waals surface area contributed by atoms with Crippen LogP contribution in [0.1, 0.15) is 6.92 Å². The van der Waals surface area contributed by atoms with Gasteiger partial charge in [-0.15, -0.1) is 16.9 Å². The van der Waals surface area contributed by atoms with Crippen LogP contribution in [0.3, 0.4) is 0 Å². The molecular formula is C8H13ClO2PS+. The zero-order chi connectivity index (χ0) is 9.23. The number of rotatable bonds is 2. The predicted octanol–water partition coefficient (Wildman–Crippen LogP) is 3.72. The van der Waals surface area contributed by atoms with Gasteiger partial charge >= 0.3 is 7.23 Å². The molecule has 1 aromatic carbocycles. The van der Waals surface area contributed by atoms with Crippen molar-refractivity contribution in [2.75, 3.05) is 6.61 Å². The van der Waals surface area contributed by atoms with Gasteiger partial charge in [-0.1, -0.05) is 36.4 Å². The summed E-state index contributed by atoms with van der Waals surface area (Å²) < 4.78 is 14.2. The van der Waals surface area contributed by atoms with Crippen molar-refractivity contribution in [3.63, 3.8) is 0 Å². The Balaban J connectivity index is 0. The molecule has 0 N–H and O–H groups in total. The SMILES string of the molecule is CCO[P+](=O)S.Cl.c1ccccc1. The lowest BCUT2D eigenvalue weighted by atomic mass is 10.4. The van der Waals surface area contributed by atoms with Crippen LogP contribution in [0.4, 0.5) is 0 Å². The van der Waals surface area contributed by atoms with Gasteiger partial charge < -0.3 is 0 Å². The number of benzene rings is 1. The second-order valence-electron chi connectivity index (χ2n) is 1.81. The second-order valence-corrected chi connectivity index (χ2v) is 3.52. The molecule has 0 heterocycles. The lowest BCUT2D eigenvalue weighted by Gasteiger charge is -1.69. The predicted molar refractivity (Wildman–Crippen MR) is 61.9 cm³/mol. The Hall–Kier alpha value is -0.0800. The van der Waals surface area contributed by atoms with Crippen molar-refractivity contribution < 1.29 is 9.09 Å². The van der Waals surface area contributed by atoms with Crippen LogP contribution >= 0.6 is 31.9 Å². The van der Waals surface area contributed by atoms with Gasteiger partial charge in [0.15, 0.2) is 0 Å². The van der Waals surface area contributed by atoms with Crippen molar-refractivity contribution in [2.24, 2.45) is 0 Å². The third kappa shape index (κ3) is 14.7. The molecule has 0 spiro atoms. The topological polar surface area (TPSA) is 26.3 Å². The maximum Gasteiger partial charge on any atom is 0.582 e. The summed E-state index contributed by atoms with van der Waals surface area (Å²) in [6, 6.07) is 12.0. The van der Waals surface area contributed by atoms with Crippen LogP contribution in [0.15, 0.2) is 36.4 Å². The number of thiol groups is 1. The van der Waals surface area contributed by atoms with E-state index in [0.717, 1.165) is 0 Å². The third-order valence-corrected chi connectivity index (χ3v) is 1.73. The Morgan fingerprint density at radius 1 is 1.15 bits per heavy atom. The Bertz CT molecular complexity index is 182. The molecule has 0 saturated heterocycles. The standard InChI is InChI=1S/C6H6.C2H5O2PS.ClH/c1-2-4-6-5-3-1;1-2-4-5(3)6;/h1-6H;2H2,1H3;1H/p+1. The minimum atomic E-state index is -1.66. The average molecular weight is 240 g/mol. The summed E-state index contributed by atoms with van der Waals surface area (Å²) in [5.74, 6) is 0. The zero-order valence-corrected chi connectivity index (χ0v) is 9.90. The van der Waals surface area contributed by atoms with E-state index < -0.39 is 7.23 Å². The van der Waals surface area contributed by atoms with E-state index in [9.17, 15) is 4.57 Å². The van der Waals surface area contributed by atoms with Crippen LogP contribution in [0.2, 0.25) is 0 Å². The minimum Gasteiger partial charge on any atom is -0.147 e. The lowest BCUT2D eigenvalue weighted by Crippen LogP contribution is -1.69. The molecule has 0 aliphatic heterocycles. The van der Waals surface area contributed by atoms with Gasteiger partial charge in [-0.25, -0.2) is 0 Å². The summed E-state index contributed by atoms with van der Waals surface area (Å²) in [5, 5.41) is 0. The highest BCUT2D eigenvalue weighted by Gasteiger charge is 2.03. The minimum absolute atomic E-state index is 0. The van der Waals surface area contributed by atoms with E-state index in [0.29, 0.717) is 6.61 Å². The van der Waals surface area contributed by atoms with Gasteiger partial charge in [0.25, 0.3) is 0 Å². The summed E-state index contributed by atoms with van der Waals surface area (Å²) in [7, 11) is -1.66. The first kappa shape index (κ1) is 15.4. The van der Waals surface area contributed by atoms with Crippen molar-refractivity contribution in [3.8, 4) is 0 Å². The van der Waals surface area contributed by atoms with Gasteiger partial charge in [-0.2, -0.15) is 0 Å². The maximum atomic E-state index is 9.83. The molecule has 1 atom stereocenters. The average Bonchev–Trinajstić information content (AvgIpc) is 2.08. The van der Waals surface area contributed by atoms with Crippen LogP contribution in [0.5, 0.6) is 0 Å². The summed E-state index contributed by atoms with van der Waals surface area (Å²) >= 11 is 3.47. The molecule has 74 valence electrons. The molecule has 0 aromatic heterocycles. The van der Waals surface area contributed by atoms with Crippen molar-refractivity contribution in [2.45, 2.75) is 6.92 Å². The monoisotopic (exact) mass is 239 g/mol. The fourth-order valence-electron chi connectivity index (χ4n) is 0.495. The third-order valence-electron chi connectivity index (χ3n) is 0.906. The zero-order valence-electron chi connectivity index (χ0n) is 7.29. The van der Waals surface area contributed by atoms with Crippen LogP contribution in [0.25, 0.3) is 0 Å². The van der Waals surface area contributed by atoms with Gasteiger partial charge in [0.1, 0.15) is 18.9 Å². The maximum absolute atomic E-state index is 9.83.